The number of rotatable bonds is 27. The topological polar surface area (TPSA) is 140 Å². The van der Waals surface area contributed by atoms with E-state index in [2.05, 4.69) is 30.5 Å². The molecule has 1 unspecified atom stereocenters. The summed E-state index contributed by atoms with van der Waals surface area (Å²) in [7, 11) is -4.77. The van der Waals surface area contributed by atoms with E-state index >= 15 is 0 Å². The Hall–Kier alpha value is -1.77. The lowest BCUT2D eigenvalue weighted by molar-refractivity contribution is -0.161. The highest BCUT2D eigenvalue weighted by molar-refractivity contribution is 7.46. The highest BCUT2D eigenvalue weighted by Crippen LogP contribution is 2.35. The Kier molecular flexibility index (Phi) is 25.9. The maximum absolute atomic E-state index is 12.1. The van der Waals surface area contributed by atoms with Crippen molar-refractivity contribution in [1.82, 2.24) is 0 Å². The fourth-order valence-electron chi connectivity index (χ4n) is 3.91. The summed E-state index contributed by atoms with van der Waals surface area (Å²) >= 11 is 0. The maximum atomic E-state index is 12.1. The van der Waals surface area contributed by atoms with Crippen molar-refractivity contribution in [1.29, 1.82) is 0 Å². The minimum absolute atomic E-state index is 0.0432. The molecule has 0 aliphatic heterocycles. The van der Waals surface area contributed by atoms with Gasteiger partial charge in [-0.3, -0.25) is 14.1 Å². The number of phosphoric ester groups is 1. The standard InChI is InChI=1S/C31H55O9P/c1-3-5-7-9-10-11-12-13-14-15-16-18-19-22-28(32)23-21-25-30(33)38-26-29(27-39-41(35,36)37)40-31(34)24-20-17-8-6-4-2/h13-14,16,18-19,22,28-29,32H,3-12,15,17,20-21,23-27H2,1-2H3,(H2,35,36,37)/b14-13+,18-16+,22-19+/t28?,29-/m1/s1. The van der Waals surface area contributed by atoms with Gasteiger partial charge in [-0.2, -0.15) is 0 Å². The molecule has 0 aromatic carbocycles. The Labute approximate surface area is 247 Å². The number of ether oxygens (including phenoxy) is 2. The second-order valence-electron chi connectivity index (χ2n) is 10.3. The second-order valence-corrected chi connectivity index (χ2v) is 11.5. The molecule has 0 aromatic rings. The Morgan fingerprint density at radius 1 is 0.756 bits per heavy atom. The quantitative estimate of drug-likeness (QED) is 0.0291. The molecule has 0 aromatic heterocycles. The van der Waals surface area contributed by atoms with Crippen LogP contribution < -0.4 is 0 Å². The molecule has 9 nitrogen and oxygen atoms in total. The number of carbonyl (C=O) groups is 2. The number of hydrogen-bond acceptors (Lipinski definition) is 7. The number of hydrogen-bond donors (Lipinski definition) is 3. The van der Waals surface area contributed by atoms with Gasteiger partial charge in [-0.25, -0.2) is 4.57 Å². The smallest absolute Gasteiger partial charge is 0.462 e. The van der Waals surface area contributed by atoms with E-state index in [1.165, 1.54) is 38.5 Å². The van der Waals surface area contributed by atoms with Crippen LogP contribution in [0.5, 0.6) is 0 Å². The van der Waals surface area contributed by atoms with E-state index in [0.29, 0.717) is 19.3 Å². The molecular formula is C31H55O9P. The van der Waals surface area contributed by atoms with Crippen LogP contribution in [0.4, 0.5) is 0 Å². The Morgan fingerprint density at radius 3 is 2.07 bits per heavy atom. The van der Waals surface area contributed by atoms with Gasteiger partial charge < -0.3 is 24.4 Å². The molecule has 0 saturated heterocycles. The Bertz CT molecular complexity index is 788. The van der Waals surface area contributed by atoms with Crippen molar-refractivity contribution in [3.8, 4) is 0 Å². The van der Waals surface area contributed by atoms with Gasteiger partial charge >= 0.3 is 19.8 Å². The van der Waals surface area contributed by atoms with Gasteiger partial charge in [0.25, 0.3) is 0 Å². The Balaban J connectivity index is 4.19. The third kappa shape index (κ3) is 29.5. The van der Waals surface area contributed by atoms with Crippen LogP contribution in [0.1, 0.15) is 123 Å². The van der Waals surface area contributed by atoms with Crippen LogP contribution >= 0.6 is 7.82 Å². The van der Waals surface area contributed by atoms with Crippen molar-refractivity contribution in [3.05, 3.63) is 36.5 Å². The van der Waals surface area contributed by atoms with Crippen LogP contribution in [-0.4, -0.2) is 52.3 Å². The first kappa shape index (κ1) is 39.2. The number of esters is 2. The molecule has 0 spiro atoms. The van der Waals surface area contributed by atoms with E-state index in [1.54, 1.807) is 12.2 Å². The van der Waals surface area contributed by atoms with E-state index in [-0.39, 0.29) is 19.4 Å². The molecule has 41 heavy (non-hydrogen) atoms. The molecule has 3 N–H and O–H groups in total. The maximum Gasteiger partial charge on any atom is 0.469 e. The lowest BCUT2D eigenvalue weighted by atomic mass is 10.1. The van der Waals surface area contributed by atoms with E-state index in [0.717, 1.165) is 38.5 Å². The first-order valence-electron chi connectivity index (χ1n) is 15.4. The highest BCUT2D eigenvalue weighted by Gasteiger charge is 2.22. The van der Waals surface area contributed by atoms with Crippen LogP contribution in [0.25, 0.3) is 0 Å². The Morgan fingerprint density at radius 2 is 1.39 bits per heavy atom. The molecular weight excluding hydrogens is 547 g/mol. The molecule has 10 heteroatoms. The van der Waals surface area contributed by atoms with Gasteiger partial charge in [-0.05, 0) is 38.5 Å². The van der Waals surface area contributed by atoms with Crippen LogP contribution in [0, 0.1) is 0 Å². The zero-order valence-electron chi connectivity index (χ0n) is 25.3. The van der Waals surface area contributed by atoms with E-state index in [4.69, 9.17) is 19.3 Å². The molecule has 0 fully saturated rings. The van der Waals surface area contributed by atoms with Crippen molar-refractivity contribution in [2.45, 2.75) is 135 Å². The summed E-state index contributed by atoms with van der Waals surface area (Å²) in [6.07, 6.45) is 25.3. The number of phosphoric acid groups is 1. The normalized spacial score (nSPS) is 13.8. The predicted molar refractivity (Wildman–Crippen MR) is 162 cm³/mol. The van der Waals surface area contributed by atoms with Gasteiger partial charge in [0.1, 0.15) is 6.61 Å². The van der Waals surface area contributed by atoms with Crippen molar-refractivity contribution < 1.29 is 43.0 Å². The van der Waals surface area contributed by atoms with Gasteiger partial charge in [0.15, 0.2) is 6.10 Å². The van der Waals surface area contributed by atoms with Crippen LogP contribution in [-0.2, 0) is 28.2 Å². The predicted octanol–water partition coefficient (Wildman–Crippen LogP) is 7.25. The van der Waals surface area contributed by atoms with Gasteiger partial charge in [-0.1, -0.05) is 108 Å². The summed E-state index contributed by atoms with van der Waals surface area (Å²) in [4.78, 5) is 42.1. The molecule has 2 atom stereocenters. The lowest BCUT2D eigenvalue weighted by Gasteiger charge is -2.18. The van der Waals surface area contributed by atoms with E-state index in [1.807, 2.05) is 12.2 Å². The van der Waals surface area contributed by atoms with Crippen LogP contribution in [0.3, 0.4) is 0 Å². The van der Waals surface area contributed by atoms with Crippen LogP contribution in [0.15, 0.2) is 36.5 Å². The number of carbonyl (C=O) groups excluding carboxylic acids is 2. The number of allylic oxidation sites excluding steroid dienone is 5. The number of aliphatic hydroxyl groups is 1. The monoisotopic (exact) mass is 602 g/mol. The summed E-state index contributed by atoms with van der Waals surface area (Å²) in [5.74, 6) is -1.10. The average molecular weight is 603 g/mol. The third-order valence-electron chi connectivity index (χ3n) is 6.27. The molecule has 0 radical (unpaired) electrons. The zero-order valence-corrected chi connectivity index (χ0v) is 26.2. The minimum atomic E-state index is -4.77. The highest BCUT2D eigenvalue weighted by atomic mass is 31.2. The summed E-state index contributed by atoms with van der Waals surface area (Å²) in [6, 6.07) is 0. The molecule has 0 heterocycles. The van der Waals surface area contributed by atoms with Crippen molar-refractivity contribution in [3.63, 3.8) is 0 Å². The largest absolute Gasteiger partial charge is 0.469 e. The van der Waals surface area contributed by atoms with Gasteiger partial charge in [0.05, 0.1) is 12.7 Å². The molecule has 0 saturated carbocycles. The molecule has 0 aliphatic rings. The summed E-state index contributed by atoms with van der Waals surface area (Å²) in [6.45, 7) is 3.35. The fraction of sp³-hybridized carbons (Fsp3) is 0.742. The average Bonchev–Trinajstić information content (AvgIpc) is 2.92. The molecule has 0 bridgehead atoms. The second kappa shape index (κ2) is 27.1. The zero-order chi connectivity index (χ0) is 30.6. The summed E-state index contributed by atoms with van der Waals surface area (Å²) in [5, 5.41) is 10.1. The number of unbranched alkanes of at least 4 members (excludes halogenated alkanes) is 10. The van der Waals surface area contributed by atoms with Crippen molar-refractivity contribution in [2.24, 2.45) is 0 Å². The van der Waals surface area contributed by atoms with Crippen LogP contribution in [0.2, 0.25) is 0 Å². The first-order chi connectivity index (χ1) is 19.7. The first-order valence-corrected chi connectivity index (χ1v) is 16.9. The van der Waals surface area contributed by atoms with Gasteiger partial charge in [0, 0.05) is 12.8 Å². The lowest BCUT2D eigenvalue weighted by Crippen LogP contribution is -2.29. The molecule has 0 aliphatic carbocycles. The SMILES string of the molecule is CCCCCCCC/C=C/C/C=C/C=C/C(O)CCCC(=O)OC[C@H](COP(=O)(O)O)OC(=O)CCCCCCC. The number of aliphatic hydroxyl groups excluding tert-OH is 1. The fourth-order valence-corrected chi connectivity index (χ4v) is 4.27. The molecule has 0 rings (SSSR count). The van der Waals surface area contributed by atoms with Gasteiger partial charge in [0.2, 0.25) is 0 Å². The van der Waals surface area contributed by atoms with Crippen molar-refractivity contribution >= 4 is 19.8 Å². The van der Waals surface area contributed by atoms with E-state index < -0.39 is 38.6 Å². The van der Waals surface area contributed by atoms with Crippen molar-refractivity contribution in [2.75, 3.05) is 13.2 Å². The summed E-state index contributed by atoms with van der Waals surface area (Å²) in [5.41, 5.74) is 0. The molecule has 238 valence electrons. The minimum Gasteiger partial charge on any atom is -0.462 e. The third-order valence-corrected chi connectivity index (χ3v) is 6.75. The molecule has 0 amide bonds. The van der Waals surface area contributed by atoms with Gasteiger partial charge in [-0.15, -0.1) is 0 Å². The summed E-state index contributed by atoms with van der Waals surface area (Å²) < 4.78 is 25.8. The van der Waals surface area contributed by atoms with E-state index in [9.17, 15) is 19.3 Å².